The maximum atomic E-state index is 8.68. The van der Waals surface area contributed by atoms with E-state index in [-0.39, 0.29) is 12.4 Å². The van der Waals surface area contributed by atoms with Gasteiger partial charge in [-0.25, -0.2) is 0 Å². The number of nitrogens with one attached hydrogen (secondary N) is 1. The van der Waals surface area contributed by atoms with Crippen LogP contribution in [0.5, 0.6) is 0 Å². The van der Waals surface area contributed by atoms with Crippen molar-refractivity contribution in [3.63, 3.8) is 0 Å². The van der Waals surface area contributed by atoms with E-state index in [2.05, 4.69) is 5.32 Å². The van der Waals surface area contributed by atoms with Crippen molar-refractivity contribution in [2.75, 3.05) is 19.7 Å². The molecular formula is C6H12ClNO. The van der Waals surface area contributed by atoms with Gasteiger partial charge in [0, 0.05) is 25.1 Å². The Labute approximate surface area is 61.0 Å². The van der Waals surface area contributed by atoms with Crippen molar-refractivity contribution in [1.82, 2.24) is 5.32 Å². The van der Waals surface area contributed by atoms with E-state index in [1.807, 2.05) is 0 Å². The Kier molecular flexibility index (Phi) is 1.72. The van der Waals surface area contributed by atoms with Crippen molar-refractivity contribution in [2.24, 2.45) is 11.3 Å². The van der Waals surface area contributed by atoms with Gasteiger partial charge >= 0.3 is 0 Å². The van der Waals surface area contributed by atoms with Crippen LogP contribution in [-0.4, -0.2) is 24.8 Å². The molecule has 1 heterocycles. The minimum atomic E-state index is 0. The molecule has 2 aliphatic rings. The molecule has 2 fully saturated rings. The van der Waals surface area contributed by atoms with Gasteiger partial charge in [-0.1, -0.05) is 0 Å². The first kappa shape index (κ1) is 7.32. The van der Waals surface area contributed by atoms with E-state index in [1.54, 1.807) is 0 Å². The predicted octanol–water partition coefficient (Wildman–Crippen LogP) is 0.01000. The summed E-state index contributed by atoms with van der Waals surface area (Å²) in [7, 11) is 0. The first-order chi connectivity index (χ1) is 3.87. The summed E-state index contributed by atoms with van der Waals surface area (Å²) < 4.78 is 0. The molecule has 2 nitrogen and oxygen atoms in total. The first-order valence-electron chi connectivity index (χ1n) is 3.19. The second-order valence-electron chi connectivity index (χ2n) is 3.05. The van der Waals surface area contributed by atoms with E-state index in [4.69, 9.17) is 5.11 Å². The number of hydrogen-bond acceptors (Lipinski definition) is 2. The van der Waals surface area contributed by atoms with E-state index in [0.717, 1.165) is 13.1 Å². The zero-order valence-electron chi connectivity index (χ0n) is 5.26. The highest BCUT2D eigenvalue weighted by atomic mass is 35.5. The molecule has 2 N–H and O–H groups in total. The zero-order valence-corrected chi connectivity index (χ0v) is 6.08. The van der Waals surface area contributed by atoms with Crippen LogP contribution in [0.1, 0.15) is 6.42 Å². The Balaban J connectivity index is 0.000000405. The highest BCUT2D eigenvalue weighted by Gasteiger charge is 2.57. The summed E-state index contributed by atoms with van der Waals surface area (Å²) in [5, 5.41) is 11.9. The Morgan fingerprint density at radius 1 is 1.56 bits per heavy atom. The SMILES string of the molecule is Cl.OCC1CC12CNC2. The van der Waals surface area contributed by atoms with E-state index in [0.29, 0.717) is 17.9 Å². The Hall–Kier alpha value is 0.210. The Morgan fingerprint density at radius 2 is 2.22 bits per heavy atom. The monoisotopic (exact) mass is 149 g/mol. The van der Waals surface area contributed by atoms with E-state index in [1.165, 1.54) is 6.42 Å². The molecule has 3 heteroatoms. The van der Waals surface area contributed by atoms with Gasteiger partial charge in [0.2, 0.25) is 0 Å². The van der Waals surface area contributed by atoms with Gasteiger partial charge in [0.15, 0.2) is 0 Å². The standard InChI is InChI=1S/C6H11NO.ClH/c8-2-5-1-6(5)3-7-4-6;/h5,7-8H,1-4H2;1H. The molecule has 54 valence electrons. The average molecular weight is 150 g/mol. The van der Waals surface area contributed by atoms with Gasteiger partial charge in [-0.15, -0.1) is 12.4 Å². The molecule has 1 aliphatic carbocycles. The van der Waals surface area contributed by atoms with E-state index >= 15 is 0 Å². The molecule has 1 atom stereocenters. The second kappa shape index (κ2) is 2.11. The van der Waals surface area contributed by atoms with Crippen molar-refractivity contribution >= 4 is 12.4 Å². The molecule has 0 radical (unpaired) electrons. The fourth-order valence-electron chi connectivity index (χ4n) is 1.57. The maximum absolute atomic E-state index is 8.68. The van der Waals surface area contributed by atoms with Crippen molar-refractivity contribution in [3.05, 3.63) is 0 Å². The molecule has 2 rings (SSSR count). The Morgan fingerprint density at radius 3 is 2.33 bits per heavy atom. The first-order valence-corrected chi connectivity index (χ1v) is 3.19. The van der Waals surface area contributed by atoms with E-state index < -0.39 is 0 Å². The van der Waals surface area contributed by atoms with Crippen LogP contribution in [0.4, 0.5) is 0 Å². The summed E-state index contributed by atoms with van der Waals surface area (Å²) in [5.41, 5.74) is 0.578. The molecule has 1 spiro atoms. The van der Waals surface area contributed by atoms with Gasteiger partial charge in [0.1, 0.15) is 0 Å². The summed E-state index contributed by atoms with van der Waals surface area (Å²) in [5.74, 6) is 0.642. The third-order valence-electron chi connectivity index (χ3n) is 2.53. The minimum Gasteiger partial charge on any atom is -0.396 e. The summed E-state index contributed by atoms with van der Waals surface area (Å²) in [6.45, 7) is 2.71. The molecule has 1 unspecified atom stereocenters. The molecule has 0 aromatic carbocycles. The molecule has 1 aliphatic heterocycles. The van der Waals surface area contributed by atoms with Gasteiger partial charge in [-0.3, -0.25) is 0 Å². The van der Waals surface area contributed by atoms with Crippen LogP contribution in [-0.2, 0) is 0 Å². The third kappa shape index (κ3) is 0.858. The molecule has 0 aromatic heterocycles. The third-order valence-corrected chi connectivity index (χ3v) is 2.53. The molecule has 0 bridgehead atoms. The van der Waals surface area contributed by atoms with Crippen molar-refractivity contribution in [3.8, 4) is 0 Å². The van der Waals surface area contributed by atoms with Gasteiger partial charge in [-0.2, -0.15) is 0 Å². The van der Waals surface area contributed by atoms with E-state index in [9.17, 15) is 0 Å². The zero-order chi connectivity index (χ0) is 5.61. The van der Waals surface area contributed by atoms with Gasteiger partial charge in [-0.05, 0) is 12.3 Å². The molecule has 1 saturated carbocycles. The lowest BCUT2D eigenvalue weighted by molar-refractivity contribution is 0.214. The lowest BCUT2D eigenvalue weighted by atomic mass is 9.97. The van der Waals surface area contributed by atoms with Crippen molar-refractivity contribution < 1.29 is 5.11 Å². The van der Waals surface area contributed by atoms with Crippen LogP contribution in [0, 0.1) is 11.3 Å². The minimum absolute atomic E-state index is 0. The highest BCUT2D eigenvalue weighted by molar-refractivity contribution is 5.85. The summed E-state index contributed by atoms with van der Waals surface area (Å²) in [4.78, 5) is 0. The molecule has 0 aromatic rings. The molecule has 0 amide bonds. The van der Waals surface area contributed by atoms with Crippen LogP contribution in [0.15, 0.2) is 0 Å². The van der Waals surface area contributed by atoms with Crippen LogP contribution >= 0.6 is 12.4 Å². The highest BCUT2D eigenvalue weighted by Crippen LogP contribution is 2.54. The van der Waals surface area contributed by atoms with Crippen molar-refractivity contribution in [2.45, 2.75) is 6.42 Å². The van der Waals surface area contributed by atoms with Crippen LogP contribution in [0.25, 0.3) is 0 Å². The Bertz CT molecular complexity index is 114. The molecular weight excluding hydrogens is 138 g/mol. The van der Waals surface area contributed by atoms with Crippen molar-refractivity contribution in [1.29, 1.82) is 0 Å². The fourth-order valence-corrected chi connectivity index (χ4v) is 1.57. The van der Waals surface area contributed by atoms with Gasteiger partial charge in [0.25, 0.3) is 0 Å². The molecule has 9 heavy (non-hydrogen) atoms. The lowest BCUT2D eigenvalue weighted by Gasteiger charge is -2.28. The fraction of sp³-hybridized carbons (Fsp3) is 1.00. The second-order valence-corrected chi connectivity index (χ2v) is 3.05. The quantitative estimate of drug-likeness (QED) is 0.551. The topological polar surface area (TPSA) is 32.3 Å². The van der Waals surface area contributed by atoms with Gasteiger partial charge in [0.05, 0.1) is 0 Å². The van der Waals surface area contributed by atoms with Crippen LogP contribution < -0.4 is 5.32 Å². The number of aliphatic hydroxyl groups is 1. The number of rotatable bonds is 1. The maximum Gasteiger partial charge on any atom is 0.0465 e. The smallest absolute Gasteiger partial charge is 0.0465 e. The largest absolute Gasteiger partial charge is 0.396 e. The lowest BCUT2D eigenvalue weighted by Crippen LogP contribution is -2.45. The predicted molar refractivity (Wildman–Crippen MR) is 37.7 cm³/mol. The number of hydrogen-bond donors (Lipinski definition) is 2. The van der Waals surface area contributed by atoms with Gasteiger partial charge < -0.3 is 10.4 Å². The summed E-state index contributed by atoms with van der Waals surface area (Å²) >= 11 is 0. The average Bonchev–Trinajstić information content (AvgIpc) is 2.36. The number of aliphatic hydroxyl groups excluding tert-OH is 1. The number of halogens is 1. The summed E-state index contributed by atoms with van der Waals surface area (Å²) in [6.07, 6.45) is 1.26. The molecule has 1 saturated heterocycles. The van der Waals surface area contributed by atoms with Crippen LogP contribution in [0.3, 0.4) is 0 Å². The van der Waals surface area contributed by atoms with Crippen LogP contribution in [0.2, 0.25) is 0 Å². The normalized spacial score (nSPS) is 35.0. The summed E-state index contributed by atoms with van der Waals surface area (Å²) in [6, 6.07) is 0.